The van der Waals surface area contributed by atoms with Gasteiger partial charge in [0.15, 0.2) is 0 Å². The molecule has 1 rings (SSSR count). The third-order valence-electron chi connectivity index (χ3n) is 3.32. The topological polar surface area (TPSA) is 70.2 Å². The second kappa shape index (κ2) is 9.82. The van der Waals surface area contributed by atoms with E-state index in [-0.39, 0.29) is 18.0 Å². The molecule has 1 aromatic carbocycles. The molecule has 0 saturated heterocycles. The highest BCUT2D eigenvalue weighted by Crippen LogP contribution is 2.10. The van der Waals surface area contributed by atoms with Gasteiger partial charge >= 0.3 is 6.03 Å². The molecule has 0 spiro atoms. The van der Waals surface area contributed by atoms with Crippen molar-refractivity contribution in [3.8, 4) is 0 Å². The summed E-state index contributed by atoms with van der Waals surface area (Å²) in [5, 5.41) is 8.50. The maximum absolute atomic E-state index is 11.8. The second-order valence-corrected chi connectivity index (χ2v) is 5.61. The molecule has 0 aliphatic heterocycles. The predicted octanol–water partition coefficient (Wildman–Crippen LogP) is 3.41. The van der Waals surface area contributed by atoms with Crippen LogP contribution in [0.1, 0.15) is 52.0 Å². The van der Waals surface area contributed by atoms with Crippen molar-refractivity contribution in [3.05, 3.63) is 29.8 Å². The molecule has 1 unspecified atom stereocenters. The van der Waals surface area contributed by atoms with Gasteiger partial charge in [-0.1, -0.05) is 38.3 Å². The van der Waals surface area contributed by atoms with Crippen molar-refractivity contribution in [2.75, 3.05) is 5.32 Å². The molecular formula is C17H27N3O2. The number of amides is 3. The van der Waals surface area contributed by atoms with Crippen molar-refractivity contribution in [2.45, 2.75) is 59.0 Å². The summed E-state index contributed by atoms with van der Waals surface area (Å²) < 4.78 is 0. The Bertz CT molecular complexity index is 489. The lowest BCUT2D eigenvalue weighted by Gasteiger charge is -2.14. The van der Waals surface area contributed by atoms with Gasteiger partial charge < -0.3 is 16.0 Å². The van der Waals surface area contributed by atoms with Gasteiger partial charge in [-0.15, -0.1) is 0 Å². The predicted molar refractivity (Wildman–Crippen MR) is 89.7 cm³/mol. The summed E-state index contributed by atoms with van der Waals surface area (Å²) in [6.45, 7) is 6.09. The van der Waals surface area contributed by atoms with Crippen molar-refractivity contribution < 1.29 is 9.59 Å². The summed E-state index contributed by atoms with van der Waals surface area (Å²) in [7, 11) is 0. The average Bonchev–Trinajstić information content (AvgIpc) is 2.45. The minimum absolute atomic E-state index is 0.108. The van der Waals surface area contributed by atoms with Crippen LogP contribution in [0.3, 0.4) is 0 Å². The molecule has 0 aliphatic rings. The van der Waals surface area contributed by atoms with Crippen molar-refractivity contribution in [3.63, 3.8) is 0 Å². The number of carbonyl (C=O) groups is 2. The fourth-order valence-electron chi connectivity index (χ4n) is 2.19. The first-order valence-electron chi connectivity index (χ1n) is 7.92. The van der Waals surface area contributed by atoms with E-state index in [1.165, 1.54) is 19.8 Å². The number of carbonyl (C=O) groups excluding carboxylic acids is 2. The first-order valence-corrected chi connectivity index (χ1v) is 7.92. The van der Waals surface area contributed by atoms with Crippen LogP contribution in [-0.2, 0) is 11.3 Å². The Hall–Kier alpha value is -2.04. The summed E-state index contributed by atoms with van der Waals surface area (Å²) in [6.07, 6.45) is 4.52. The molecule has 0 aliphatic carbocycles. The summed E-state index contributed by atoms with van der Waals surface area (Å²) >= 11 is 0. The Balaban J connectivity index is 2.35. The third-order valence-corrected chi connectivity index (χ3v) is 3.32. The Morgan fingerprint density at radius 1 is 1.23 bits per heavy atom. The van der Waals surface area contributed by atoms with E-state index in [0.29, 0.717) is 6.54 Å². The first kappa shape index (κ1) is 18.0. The van der Waals surface area contributed by atoms with Gasteiger partial charge in [-0.2, -0.15) is 0 Å². The minimum atomic E-state index is -0.158. The highest BCUT2D eigenvalue weighted by atomic mass is 16.2. The molecule has 3 amide bonds. The van der Waals surface area contributed by atoms with Crippen molar-refractivity contribution in [2.24, 2.45) is 0 Å². The molecule has 0 saturated carbocycles. The second-order valence-electron chi connectivity index (χ2n) is 5.61. The van der Waals surface area contributed by atoms with E-state index in [1.54, 1.807) is 0 Å². The Kier molecular flexibility index (Phi) is 8.04. The molecule has 22 heavy (non-hydrogen) atoms. The molecule has 3 N–H and O–H groups in total. The molecule has 0 fully saturated rings. The van der Waals surface area contributed by atoms with Gasteiger partial charge in [0.25, 0.3) is 0 Å². The van der Waals surface area contributed by atoms with Crippen LogP contribution in [-0.4, -0.2) is 18.0 Å². The molecule has 122 valence electrons. The first-order chi connectivity index (χ1) is 10.5. The van der Waals surface area contributed by atoms with Gasteiger partial charge in [0.2, 0.25) is 5.91 Å². The lowest BCUT2D eigenvalue weighted by molar-refractivity contribution is -0.114. The SMILES string of the molecule is CCCCCC(C)NC(=O)NCc1cccc(NC(C)=O)c1. The van der Waals surface area contributed by atoms with E-state index in [9.17, 15) is 9.59 Å². The smallest absolute Gasteiger partial charge is 0.315 e. The standard InChI is InChI=1S/C17H27N3O2/c1-4-5-6-8-13(2)19-17(22)18-12-15-9-7-10-16(11-15)20-14(3)21/h7,9-11,13H,4-6,8,12H2,1-3H3,(H,20,21)(H2,18,19,22). The summed E-state index contributed by atoms with van der Waals surface area (Å²) in [4.78, 5) is 22.9. The molecule has 5 nitrogen and oxygen atoms in total. The number of urea groups is 1. The van der Waals surface area contributed by atoms with Crippen LogP contribution in [0.15, 0.2) is 24.3 Å². The van der Waals surface area contributed by atoms with Gasteiger partial charge in [-0.3, -0.25) is 4.79 Å². The largest absolute Gasteiger partial charge is 0.336 e. The number of rotatable bonds is 8. The van der Waals surface area contributed by atoms with Crippen molar-refractivity contribution >= 4 is 17.6 Å². The third kappa shape index (κ3) is 7.67. The van der Waals surface area contributed by atoms with Crippen molar-refractivity contribution in [1.29, 1.82) is 0 Å². The molecule has 0 radical (unpaired) electrons. The normalized spacial score (nSPS) is 11.6. The van der Waals surface area contributed by atoms with Gasteiger partial charge in [-0.05, 0) is 31.0 Å². The summed E-state index contributed by atoms with van der Waals surface area (Å²) in [6, 6.07) is 7.46. The van der Waals surface area contributed by atoms with E-state index in [0.717, 1.165) is 24.1 Å². The van der Waals surface area contributed by atoms with Gasteiger partial charge in [0.1, 0.15) is 0 Å². The Morgan fingerprint density at radius 2 is 2.00 bits per heavy atom. The highest BCUT2D eigenvalue weighted by Gasteiger charge is 2.06. The van der Waals surface area contributed by atoms with Crippen molar-refractivity contribution in [1.82, 2.24) is 10.6 Å². The molecule has 5 heteroatoms. The van der Waals surface area contributed by atoms with Gasteiger partial charge in [-0.25, -0.2) is 4.79 Å². The average molecular weight is 305 g/mol. The number of nitrogens with one attached hydrogen (secondary N) is 3. The molecule has 1 aromatic rings. The fourth-order valence-corrected chi connectivity index (χ4v) is 2.19. The summed E-state index contributed by atoms with van der Waals surface area (Å²) in [5.41, 5.74) is 1.68. The minimum Gasteiger partial charge on any atom is -0.336 e. The quantitative estimate of drug-likeness (QED) is 0.644. The Morgan fingerprint density at radius 3 is 2.68 bits per heavy atom. The zero-order valence-electron chi connectivity index (χ0n) is 13.7. The molecule has 0 bridgehead atoms. The Labute approximate surface area is 132 Å². The van der Waals surface area contributed by atoms with E-state index >= 15 is 0 Å². The lowest BCUT2D eigenvalue weighted by Crippen LogP contribution is -2.40. The fraction of sp³-hybridized carbons (Fsp3) is 0.529. The molecule has 1 atom stereocenters. The molecule has 0 aromatic heterocycles. The van der Waals surface area contributed by atoms with Crippen LogP contribution in [0.5, 0.6) is 0 Å². The van der Waals surface area contributed by atoms with Gasteiger partial charge in [0.05, 0.1) is 0 Å². The molecular weight excluding hydrogens is 278 g/mol. The van der Waals surface area contributed by atoms with E-state index < -0.39 is 0 Å². The zero-order chi connectivity index (χ0) is 16.4. The van der Waals surface area contributed by atoms with Crippen LogP contribution in [0.2, 0.25) is 0 Å². The van der Waals surface area contributed by atoms with E-state index in [1.807, 2.05) is 31.2 Å². The number of hydrogen-bond donors (Lipinski definition) is 3. The van der Waals surface area contributed by atoms with E-state index in [4.69, 9.17) is 0 Å². The lowest BCUT2D eigenvalue weighted by atomic mass is 10.1. The maximum atomic E-state index is 11.8. The monoisotopic (exact) mass is 305 g/mol. The highest BCUT2D eigenvalue weighted by molar-refractivity contribution is 5.88. The van der Waals surface area contributed by atoms with E-state index in [2.05, 4.69) is 22.9 Å². The number of benzene rings is 1. The summed E-state index contributed by atoms with van der Waals surface area (Å²) in [5.74, 6) is -0.108. The van der Waals surface area contributed by atoms with Gasteiger partial charge in [0, 0.05) is 25.2 Å². The number of unbranched alkanes of at least 4 members (excludes halogenated alkanes) is 2. The van der Waals surface area contributed by atoms with Crippen LogP contribution < -0.4 is 16.0 Å². The van der Waals surface area contributed by atoms with Crippen LogP contribution >= 0.6 is 0 Å². The number of anilines is 1. The number of hydrogen-bond acceptors (Lipinski definition) is 2. The molecule has 0 heterocycles. The maximum Gasteiger partial charge on any atom is 0.315 e. The van der Waals surface area contributed by atoms with Crippen LogP contribution in [0, 0.1) is 0 Å². The zero-order valence-corrected chi connectivity index (χ0v) is 13.7. The van der Waals surface area contributed by atoms with Crippen LogP contribution in [0.25, 0.3) is 0 Å². The van der Waals surface area contributed by atoms with Crippen LogP contribution in [0.4, 0.5) is 10.5 Å².